The van der Waals surface area contributed by atoms with Crippen molar-refractivity contribution in [2.75, 3.05) is 13.2 Å². The standard InChI is InChI=1S/C14H21N3O2/c1-10-9-11(17(2)16-10)13(18)15-12-3-4-14(12)5-7-19-8-6-14/h9,12H,3-8H2,1-2H3,(H,15,18). The second-order valence-electron chi connectivity index (χ2n) is 5.83. The predicted octanol–water partition coefficient (Wildman–Crippen LogP) is 1.42. The van der Waals surface area contributed by atoms with Crippen molar-refractivity contribution in [3.8, 4) is 0 Å². The number of carbonyl (C=O) groups is 1. The number of nitrogens with one attached hydrogen (secondary N) is 1. The van der Waals surface area contributed by atoms with E-state index in [-0.39, 0.29) is 5.91 Å². The van der Waals surface area contributed by atoms with Gasteiger partial charge in [-0.15, -0.1) is 0 Å². The molecule has 5 heteroatoms. The Morgan fingerprint density at radius 3 is 2.74 bits per heavy atom. The number of ether oxygens (including phenoxy) is 1. The Hall–Kier alpha value is -1.36. The Morgan fingerprint density at radius 1 is 1.47 bits per heavy atom. The molecule has 0 radical (unpaired) electrons. The summed E-state index contributed by atoms with van der Waals surface area (Å²) >= 11 is 0. The lowest BCUT2D eigenvalue weighted by atomic mass is 9.60. The maximum absolute atomic E-state index is 12.3. The molecule has 0 bridgehead atoms. The van der Waals surface area contributed by atoms with Gasteiger partial charge in [0.05, 0.1) is 5.69 Å². The molecule has 19 heavy (non-hydrogen) atoms. The molecule has 0 aromatic carbocycles. The summed E-state index contributed by atoms with van der Waals surface area (Å²) in [5.41, 5.74) is 1.82. The lowest BCUT2D eigenvalue weighted by molar-refractivity contribution is -0.0523. The maximum atomic E-state index is 12.3. The summed E-state index contributed by atoms with van der Waals surface area (Å²) in [6, 6.07) is 2.14. The van der Waals surface area contributed by atoms with Crippen LogP contribution < -0.4 is 5.32 Å². The number of carbonyl (C=O) groups excluding carboxylic acids is 1. The fourth-order valence-corrected chi connectivity index (χ4v) is 3.35. The zero-order valence-corrected chi connectivity index (χ0v) is 11.6. The highest BCUT2D eigenvalue weighted by atomic mass is 16.5. The zero-order valence-electron chi connectivity index (χ0n) is 11.6. The minimum absolute atomic E-state index is 0.00123. The van der Waals surface area contributed by atoms with Crippen LogP contribution in [0.5, 0.6) is 0 Å². The first-order chi connectivity index (χ1) is 9.11. The Morgan fingerprint density at radius 2 is 2.21 bits per heavy atom. The molecule has 3 rings (SSSR count). The fraction of sp³-hybridized carbons (Fsp3) is 0.714. The van der Waals surface area contributed by atoms with Gasteiger partial charge in [0.15, 0.2) is 0 Å². The molecule has 1 saturated carbocycles. The van der Waals surface area contributed by atoms with Crippen molar-refractivity contribution in [1.29, 1.82) is 0 Å². The second kappa shape index (κ2) is 4.63. The van der Waals surface area contributed by atoms with Crippen LogP contribution in [-0.2, 0) is 11.8 Å². The molecule has 1 atom stereocenters. The van der Waals surface area contributed by atoms with Gasteiger partial charge in [0.25, 0.3) is 5.91 Å². The van der Waals surface area contributed by atoms with Gasteiger partial charge in [-0.3, -0.25) is 9.48 Å². The molecule has 2 aliphatic rings. The van der Waals surface area contributed by atoms with E-state index in [4.69, 9.17) is 4.74 Å². The lowest BCUT2D eigenvalue weighted by Crippen LogP contribution is -2.57. The first-order valence-electron chi connectivity index (χ1n) is 7.00. The third-order valence-corrected chi connectivity index (χ3v) is 4.70. The second-order valence-corrected chi connectivity index (χ2v) is 5.83. The van der Waals surface area contributed by atoms with Crippen LogP contribution in [0.1, 0.15) is 41.9 Å². The van der Waals surface area contributed by atoms with Crippen LogP contribution in [-0.4, -0.2) is 34.9 Å². The minimum Gasteiger partial charge on any atom is -0.381 e. The molecule has 104 valence electrons. The number of amides is 1. The highest BCUT2D eigenvalue weighted by Gasteiger charge is 2.48. The number of nitrogens with zero attached hydrogens (tertiary/aromatic N) is 2. The van der Waals surface area contributed by atoms with Crippen molar-refractivity contribution >= 4 is 5.91 Å². The van der Waals surface area contributed by atoms with Crippen LogP contribution in [0.15, 0.2) is 6.07 Å². The summed E-state index contributed by atoms with van der Waals surface area (Å²) in [4.78, 5) is 12.3. The fourth-order valence-electron chi connectivity index (χ4n) is 3.35. The molecule has 5 nitrogen and oxygen atoms in total. The average Bonchev–Trinajstić information content (AvgIpc) is 2.74. The van der Waals surface area contributed by atoms with Gasteiger partial charge < -0.3 is 10.1 Å². The topological polar surface area (TPSA) is 56.1 Å². The van der Waals surface area contributed by atoms with E-state index in [9.17, 15) is 4.79 Å². The number of hydrogen-bond donors (Lipinski definition) is 1. The van der Waals surface area contributed by atoms with E-state index in [0.29, 0.717) is 17.2 Å². The number of aromatic nitrogens is 2. The Kier molecular flexibility index (Phi) is 3.09. The first kappa shape index (κ1) is 12.7. The smallest absolute Gasteiger partial charge is 0.269 e. The summed E-state index contributed by atoms with van der Waals surface area (Å²) in [5.74, 6) is -0.00123. The molecule has 2 fully saturated rings. The SMILES string of the molecule is Cc1cc(C(=O)NC2CCC23CCOCC3)n(C)n1. The van der Waals surface area contributed by atoms with Crippen molar-refractivity contribution in [2.24, 2.45) is 12.5 Å². The molecule has 1 aromatic heterocycles. The van der Waals surface area contributed by atoms with E-state index in [1.807, 2.05) is 20.0 Å². The first-order valence-corrected chi connectivity index (χ1v) is 7.00. The van der Waals surface area contributed by atoms with Gasteiger partial charge in [-0.05, 0) is 44.1 Å². The van der Waals surface area contributed by atoms with Crippen LogP contribution in [0.3, 0.4) is 0 Å². The van der Waals surface area contributed by atoms with Crippen LogP contribution in [0.25, 0.3) is 0 Å². The average molecular weight is 263 g/mol. The minimum atomic E-state index is -0.00123. The van der Waals surface area contributed by atoms with Gasteiger partial charge in [0.1, 0.15) is 5.69 Å². The van der Waals surface area contributed by atoms with E-state index in [1.165, 1.54) is 6.42 Å². The molecule has 1 aliphatic carbocycles. The van der Waals surface area contributed by atoms with Crippen molar-refractivity contribution in [2.45, 2.75) is 38.6 Å². The van der Waals surface area contributed by atoms with Crippen molar-refractivity contribution in [3.63, 3.8) is 0 Å². The lowest BCUT2D eigenvalue weighted by Gasteiger charge is -2.52. The summed E-state index contributed by atoms with van der Waals surface area (Å²) in [6.07, 6.45) is 4.44. The number of rotatable bonds is 2. The van der Waals surface area contributed by atoms with Crippen LogP contribution in [0, 0.1) is 12.3 Å². The normalized spacial score (nSPS) is 25.1. The summed E-state index contributed by atoms with van der Waals surface area (Å²) in [7, 11) is 1.81. The van der Waals surface area contributed by atoms with Crippen LogP contribution in [0.2, 0.25) is 0 Å². The van der Waals surface area contributed by atoms with Gasteiger partial charge in [0, 0.05) is 26.3 Å². The molecular formula is C14H21N3O2. The highest BCUT2D eigenvalue weighted by molar-refractivity contribution is 5.93. The highest BCUT2D eigenvalue weighted by Crippen LogP contribution is 2.48. The largest absolute Gasteiger partial charge is 0.381 e. The molecular weight excluding hydrogens is 242 g/mol. The third-order valence-electron chi connectivity index (χ3n) is 4.70. The Labute approximate surface area is 113 Å². The van der Waals surface area contributed by atoms with Crippen molar-refractivity contribution < 1.29 is 9.53 Å². The molecule has 1 unspecified atom stereocenters. The van der Waals surface area contributed by atoms with Gasteiger partial charge in [-0.2, -0.15) is 5.10 Å². The van der Waals surface area contributed by atoms with Gasteiger partial charge in [-0.1, -0.05) is 0 Å². The Balaban J connectivity index is 1.68. The molecule has 1 spiro atoms. The van der Waals surface area contributed by atoms with E-state index in [1.54, 1.807) is 4.68 Å². The number of aryl methyl sites for hydroxylation is 2. The molecule has 1 aliphatic heterocycles. The maximum Gasteiger partial charge on any atom is 0.269 e. The monoisotopic (exact) mass is 263 g/mol. The van der Waals surface area contributed by atoms with Crippen LogP contribution >= 0.6 is 0 Å². The summed E-state index contributed by atoms with van der Waals surface area (Å²) in [6.45, 7) is 3.56. The van der Waals surface area contributed by atoms with Gasteiger partial charge >= 0.3 is 0 Å². The van der Waals surface area contributed by atoms with Gasteiger partial charge in [0.2, 0.25) is 0 Å². The molecule has 1 N–H and O–H groups in total. The van der Waals surface area contributed by atoms with E-state index < -0.39 is 0 Å². The van der Waals surface area contributed by atoms with Crippen molar-refractivity contribution in [3.05, 3.63) is 17.5 Å². The van der Waals surface area contributed by atoms with Gasteiger partial charge in [-0.25, -0.2) is 0 Å². The molecule has 1 saturated heterocycles. The van der Waals surface area contributed by atoms with E-state index in [2.05, 4.69) is 10.4 Å². The Bertz CT molecular complexity index is 489. The van der Waals surface area contributed by atoms with E-state index >= 15 is 0 Å². The molecule has 1 amide bonds. The molecule has 2 heterocycles. The zero-order chi connectivity index (χ0) is 13.5. The van der Waals surface area contributed by atoms with E-state index in [0.717, 1.165) is 38.2 Å². The summed E-state index contributed by atoms with van der Waals surface area (Å²) in [5, 5.41) is 7.42. The molecule has 1 aromatic rings. The van der Waals surface area contributed by atoms with Crippen molar-refractivity contribution in [1.82, 2.24) is 15.1 Å². The number of hydrogen-bond acceptors (Lipinski definition) is 3. The van der Waals surface area contributed by atoms with Crippen LogP contribution in [0.4, 0.5) is 0 Å². The third kappa shape index (κ3) is 2.16. The predicted molar refractivity (Wildman–Crippen MR) is 70.9 cm³/mol. The quantitative estimate of drug-likeness (QED) is 0.878. The summed E-state index contributed by atoms with van der Waals surface area (Å²) < 4.78 is 7.09.